The summed E-state index contributed by atoms with van der Waals surface area (Å²) in [6.07, 6.45) is 8.44. The van der Waals surface area contributed by atoms with E-state index in [4.69, 9.17) is 0 Å². The number of piperidine rings is 2. The quantitative estimate of drug-likeness (QED) is 0.770. The molecule has 2 fully saturated rings. The van der Waals surface area contributed by atoms with E-state index in [9.17, 15) is 4.79 Å². The molecule has 0 radical (unpaired) electrons. The number of aromatic nitrogens is 1. The van der Waals surface area contributed by atoms with Crippen molar-refractivity contribution >= 4 is 5.91 Å². The van der Waals surface area contributed by atoms with Gasteiger partial charge in [0.1, 0.15) is 0 Å². The van der Waals surface area contributed by atoms with Gasteiger partial charge in [0.2, 0.25) is 5.91 Å². The molecule has 1 amide bonds. The van der Waals surface area contributed by atoms with Crippen molar-refractivity contribution in [2.24, 2.45) is 5.92 Å². The van der Waals surface area contributed by atoms with Crippen LogP contribution in [0.4, 0.5) is 0 Å². The van der Waals surface area contributed by atoms with E-state index in [-0.39, 0.29) is 5.92 Å². The van der Waals surface area contributed by atoms with Crippen LogP contribution in [0.1, 0.15) is 52.0 Å². The molecule has 27 heavy (non-hydrogen) atoms. The molecule has 1 atom stereocenters. The van der Waals surface area contributed by atoms with Crippen molar-refractivity contribution in [2.75, 3.05) is 32.7 Å². The van der Waals surface area contributed by atoms with Crippen molar-refractivity contribution in [3.8, 4) is 0 Å². The third-order valence-electron chi connectivity index (χ3n) is 6.25. The van der Waals surface area contributed by atoms with Gasteiger partial charge in [0, 0.05) is 44.1 Å². The van der Waals surface area contributed by atoms with Crippen LogP contribution in [0, 0.1) is 5.92 Å². The van der Waals surface area contributed by atoms with Crippen LogP contribution in [0.2, 0.25) is 0 Å². The van der Waals surface area contributed by atoms with E-state index in [1.807, 2.05) is 23.4 Å². The summed E-state index contributed by atoms with van der Waals surface area (Å²) in [6, 6.07) is 5.12. The zero-order chi connectivity index (χ0) is 19.2. The second kappa shape index (κ2) is 9.65. The summed E-state index contributed by atoms with van der Waals surface area (Å²) in [5.41, 5.74) is 1.30. The monoisotopic (exact) mass is 372 g/mol. The molecule has 2 aliphatic rings. The minimum atomic E-state index is 0.189. The average molecular weight is 373 g/mol. The van der Waals surface area contributed by atoms with Crippen LogP contribution >= 0.6 is 0 Å². The number of carbonyl (C=O) groups is 1. The van der Waals surface area contributed by atoms with Crippen molar-refractivity contribution in [1.29, 1.82) is 0 Å². The van der Waals surface area contributed by atoms with E-state index in [0.29, 0.717) is 18.0 Å². The molecule has 150 valence electrons. The summed E-state index contributed by atoms with van der Waals surface area (Å²) in [4.78, 5) is 24.4. The Bertz CT molecular complexity index is 583. The van der Waals surface area contributed by atoms with Crippen molar-refractivity contribution in [1.82, 2.24) is 19.7 Å². The van der Waals surface area contributed by atoms with E-state index >= 15 is 0 Å². The Kier molecular flexibility index (Phi) is 7.25. The molecule has 0 saturated carbocycles. The maximum absolute atomic E-state index is 12.9. The number of amides is 1. The maximum Gasteiger partial charge on any atom is 0.227 e. The molecule has 0 unspecified atom stereocenters. The zero-order valence-corrected chi connectivity index (χ0v) is 17.3. The summed E-state index contributed by atoms with van der Waals surface area (Å²) < 4.78 is 0. The first-order chi connectivity index (χ1) is 13.1. The van der Waals surface area contributed by atoms with Crippen LogP contribution < -0.4 is 0 Å². The second-order valence-corrected chi connectivity index (χ2v) is 8.42. The van der Waals surface area contributed by atoms with Gasteiger partial charge in [0.05, 0.1) is 5.92 Å². The van der Waals surface area contributed by atoms with Crippen molar-refractivity contribution in [3.05, 3.63) is 30.1 Å². The minimum absolute atomic E-state index is 0.189. The minimum Gasteiger partial charge on any atom is -0.340 e. The van der Waals surface area contributed by atoms with Gasteiger partial charge in [0.25, 0.3) is 0 Å². The van der Waals surface area contributed by atoms with Crippen LogP contribution in [0.5, 0.6) is 0 Å². The molecule has 1 aromatic rings. The molecule has 2 saturated heterocycles. The maximum atomic E-state index is 12.9. The van der Waals surface area contributed by atoms with Gasteiger partial charge in [-0.15, -0.1) is 0 Å². The van der Waals surface area contributed by atoms with Crippen molar-refractivity contribution < 1.29 is 4.79 Å². The summed E-state index contributed by atoms with van der Waals surface area (Å²) in [5, 5.41) is 0. The zero-order valence-electron chi connectivity index (χ0n) is 17.3. The number of likely N-dealkylation sites (tertiary alicyclic amines) is 2. The molecule has 5 nitrogen and oxygen atoms in total. The number of pyridine rings is 1. The van der Waals surface area contributed by atoms with E-state index in [2.05, 4.69) is 41.6 Å². The highest BCUT2D eigenvalue weighted by molar-refractivity contribution is 5.79. The van der Waals surface area contributed by atoms with Gasteiger partial charge in [-0.3, -0.25) is 19.6 Å². The summed E-state index contributed by atoms with van der Waals surface area (Å²) in [5.74, 6) is 0.556. The number of rotatable bonds is 6. The highest BCUT2D eigenvalue weighted by atomic mass is 16.2. The van der Waals surface area contributed by atoms with Gasteiger partial charge < -0.3 is 4.90 Å². The number of nitrogens with zero attached hydrogens (tertiary/aromatic N) is 4. The second-order valence-electron chi connectivity index (χ2n) is 8.42. The van der Waals surface area contributed by atoms with Crippen LogP contribution in [-0.4, -0.2) is 70.4 Å². The van der Waals surface area contributed by atoms with Crippen molar-refractivity contribution in [2.45, 2.75) is 65.1 Å². The standard InChI is InChI=1S/C22H36N4O/c1-4-26(18(2)3)22(27)20-8-6-12-25(17-20)21-9-13-24(14-10-21)16-19-7-5-11-23-15-19/h5,7,11,15,18,20-21H,4,6,8-10,12-14,16-17H2,1-3H3/t20-/m0/s1. The highest BCUT2D eigenvalue weighted by Gasteiger charge is 2.33. The Hall–Kier alpha value is -1.46. The Morgan fingerprint density at radius 1 is 1.26 bits per heavy atom. The molecule has 0 bridgehead atoms. The van der Waals surface area contributed by atoms with E-state index in [1.54, 1.807) is 0 Å². The third kappa shape index (κ3) is 5.29. The number of hydrogen-bond donors (Lipinski definition) is 0. The predicted octanol–water partition coefficient (Wildman–Crippen LogP) is 3.01. The molecule has 0 aromatic carbocycles. The van der Waals surface area contributed by atoms with Crippen LogP contribution in [0.15, 0.2) is 24.5 Å². The van der Waals surface area contributed by atoms with Gasteiger partial charge in [-0.25, -0.2) is 0 Å². The van der Waals surface area contributed by atoms with Gasteiger partial charge in [-0.2, -0.15) is 0 Å². The van der Waals surface area contributed by atoms with Gasteiger partial charge in [-0.1, -0.05) is 6.07 Å². The lowest BCUT2D eigenvalue weighted by Crippen LogP contribution is -2.52. The molecular weight excluding hydrogens is 336 g/mol. The fraction of sp³-hybridized carbons (Fsp3) is 0.727. The lowest BCUT2D eigenvalue weighted by Gasteiger charge is -2.43. The fourth-order valence-corrected chi connectivity index (χ4v) is 4.74. The predicted molar refractivity (Wildman–Crippen MR) is 109 cm³/mol. The first kappa shape index (κ1) is 20.3. The van der Waals surface area contributed by atoms with Crippen LogP contribution in [0.3, 0.4) is 0 Å². The lowest BCUT2D eigenvalue weighted by atomic mass is 9.92. The van der Waals surface area contributed by atoms with Gasteiger partial charge in [-0.05, 0) is 77.7 Å². The molecule has 3 heterocycles. The number of hydrogen-bond acceptors (Lipinski definition) is 4. The summed E-state index contributed by atoms with van der Waals surface area (Å²) >= 11 is 0. The van der Waals surface area contributed by atoms with E-state index in [0.717, 1.165) is 52.1 Å². The molecule has 1 aromatic heterocycles. The van der Waals surface area contributed by atoms with Gasteiger partial charge >= 0.3 is 0 Å². The molecular formula is C22H36N4O. The first-order valence-electron chi connectivity index (χ1n) is 10.7. The summed E-state index contributed by atoms with van der Waals surface area (Å²) in [7, 11) is 0. The number of carbonyl (C=O) groups excluding carboxylic acids is 1. The average Bonchev–Trinajstić information content (AvgIpc) is 2.69. The molecule has 0 N–H and O–H groups in total. The smallest absolute Gasteiger partial charge is 0.227 e. The SMILES string of the molecule is CCN(C(=O)[C@H]1CCCN(C2CCN(Cc3cccnc3)CC2)C1)C(C)C. The molecule has 5 heteroatoms. The Morgan fingerprint density at radius 3 is 2.67 bits per heavy atom. The van der Waals surface area contributed by atoms with E-state index in [1.165, 1.54) is 18.4 Å². The summed E-state index contributed by atoms with van der Waals surface area (Å²) in [6.45, 7) is 12.6. The van der Waals surface area contributed by atoms with Gasteiger partial charge in [0.15, 0.2) is 0 Å². The first-order valence-corrected chi connectivity index (χ1v) is 10.7. The third-order valence-corrected chi connectivity index (χ3v) is 6.25. The normalized spacial score (nSPS) is 22.9. The topological polar surface area (TPSA) is 39.7 Å². The lowest BCUT2D eigenvalue weighted by molar-refractivity contribution is -0.139. The fourth-order valence-electron chi connectivity index (χ4n) is 4.74. The highest BCUT2D eigenvalue weighted by Crippen LogP contribution is 2.26. The largest absolute Gasteiger partial charge is 0.340 e. The molecule has 3 rings (SSSR count). The van der Waals surface area contributed by atoms with Crippen molar-refractivity contribution in [3.63, 3.8) is 0 Å². The molecule has 0 aliphatic carbocycles. The van der Waals surface area contributed by atoms with E-state index < -0.39 is 0 Å². The molecule has 2 aliphatic heterocycles. The van der Waals surface area contributed by atoms with Crippen LogP contribution in [0.25, 0.3) is 0 Å². The van der Waals surface area contributed by atoms with Crippen LogP contribution in [-0.2, 0) is 11.3 Å². The molecule has 0 spiro atoms. The Balaban J connectivity index is 1.50. The Labute approximate surface area is 164 Å². The Morgan fingerprint density at radius 2 is 2.04 bits per heavy atom.